The molecule has 0 bridgehead atoms. The summed E-state index contributed by atoms with van der Waals surface area (Å²) in [7, 11) is 0. The van der Waals surface area contributed by atoms with Crippen molar-refractivity contribution in [3.8, 4) is 0 Å². The Kier molecular flexibility index (Phi) is 5.96. The van der Waals surface area contributed by atoms with Gasteiger partial charge in [-0.15, -0.1) is 0 Å². The minimum Gasteiger partial charge on any atom is -0.332 e. The standard InChI is InChI=1S/C19H18BrClN4S/c1-12-7-13(2)9-16(8-12)22-19(26)23-18-17(20)11-25(24-18)10-14-3-5-15(21)6-4-14/h3-9,11H,10H2,1-2H3,(H2,22,23,24,26). The Hall–Kier alpha value is -1.89. The van der Waals surface area contributed by atoms with E-state index in [1.54, 1.807) is 0 Å². The van der Waals surface area contributed by atoms with Gasteiger partial charge in [0.05, 0.1) is 11.0 Å². The molecule has 0 aliphatic heterocycles. The van der Waals surface area contributed by atoms with Crippen LogP contribution in [-0.2, 0) is 6.54 Å². The summed E-state index contributed by atoms with van der Waals surface area (Å²) in [4.78, 5) is 0. The molecule has 0 unspecified atom stereocenters. The van der Waals surface area contributed by atoms with Gasteiger partial charge in [0.25, 0.3) is 0 Å². The highest BCUT2D eigenvalue weighted by Gasteiger charge is 2.09. The van der Waals surface area contributed by atoms with E-state index in [1.165, 1.54) is 11.1 Å². The second-order valence-electron chi connectivity index (χ2n) is 6.11. The molecule has 0 fully saturated rings. The highest BCUT2D eigenvalue weighted by molar-refractivity contribution is 9.10. The van der Waals surface area contributed by atoms with Crippen molar-refractivity contribution in [2.45, 2.75) is 20.4 Å². The number of anilines is 2. The number of aromatic nitrogens is 2. The van der Waals surface area contributed by atoms with Crippen LogP contribution in [0.3, 0.4) is 0 Å². The number of aryl methyl sites for hydroxylation is 2. The first kappa shape index (κ1) is 18.9. The molecule has 0 aliphatic rings. The van der Waals surface area contributed by atoms with Crippen molar-refractivity contribution in [3.63, 3.8) is 0 Å². The first-order valence-corrected chi connectivity index (χ1v) is 9.60. The van der Waals surface area contributed by atoms with Crippen molar-refractivity contribution in [1.29, 1.82) is 0 Å². The summed E-state index contributed by atoms with van der Waals surface area (Å²) in [6, 6.07) is 13.9. The fourth-order valence-corrected chi connectivity index (χ4v) is 3.41. The van der Waals surface area contributed by atoms with Crippen LogP contribution >= 0.6 is 39.7 Å². The van der Waals surface area contributed by atoms with Crippen LogP contribution in [0.5, 0.6) is 0 Å². The van der Waals surface area contributed by atoms with E-state index in [9.17, 15) is 0 Å². The molecule has 3 aromatic rings. The molecule has 134 valence electrons. The van der Waals surface area contributed by atoms with Crippen LogP contribution in [0.2, 0.25) is 5.02 Å². The van der Waals surface area contributed by atoms with Crippen LogP contribution in [0.15, 0.2) is 53.1 Å². The molecular weight excluding hydrogens is 432 g/mol. The second kappa shape index (κ2) is 8.20. The molecule has 0 aliphatic carbocycles. The fraction of sp³-hybridized carbons (Fsp3) is 0.158. The lowest BCUT2D eigenvalue weighted by atomic mass is 10.1. The van der Waals surface area contributed by atoms with Gasteiger partial charge in [-0.1, -0.05) is 29.8 Å². The highest BCUT2D eigenvalue weighted by Crippen LogP contribution is 2.22. The first-order valence-electron chi connectivity index (χ1n) is 8.03. The van der Waals surface area contributed by atoms with Gasteiger partial charge in [-0.05, 0) is 83.0 Å². The maximum Gasteiger partial charge on any atom is 0.176 e. The van der Waals surface area contributed by atoms with Gasteiger partial charge in [-0.3, -0.25) is 4.68 Å². The van der Waals surface area contributed by atoms with Crippen LogP contribution in [0.1, 0.15) is 16.7 Å². The third-order valence-corrected chi connectivity index (χ3v) is 4.72. The maximum atomic E-state index is 5.93. The largest absolute Gasteiger partial charge is 0.332 e. The van der Waals surface area contributed by atoms with Gasteiger partial charge in [0.2, 0.25) is 0 Å². The van der Waals surface area contributed by atoms with E-state index in [4.69, 9.17) is 23.8 Å². The van der Waals surface area contributed by atoms with Crippen LogP contribution in [0.25, 0.3) is 0 Å². The minimum absolute atomic E-state index is 0.493. The van der Waals surface area contributed by atoms with E-state index in [2.05, 4.69) is 63.7 Å². The molecule has 0 saturated carbocycles. The summed E-state index contributed by atoms with van der Waals surface area (Å²) >= 11 is 14.9. The summed E-state index contributed by atoms with van der Waals surface area (Å²) in [6.07, 6.45) is 1.91. The number of benzene rings is 2. The topological polar surface area (TPSA) is 41.9 Å². The number of rotatable bonds is 4. The van der Waals surface area contributed by atoms with Crippen molar-refractivity contribution in [1.82, 2.24) is 9.78 Å². The molecule has 0 atom stereocenters. The number of hydrogen-bond donors (Lipinski definition) is 2. The molecule has 2 N–H and O–H groups in total. The predicted molar refractivity (Wildman–Crippen MR) is 116 cm³/mol. The van der Waals surface area contributed by atoms with Crippen LogP contribution in [0.4, 0.5) is 11.5 Å². The SMILES string of the molecule is Cc1cc(C)cc(NC(=S)Nc2nn(Cc3ccc(Cl)cc3)cc2Br)c1. The van der Waals surface area contributed by atoms with E-state index in [-0.39, 0.29) is 0 Å². The average molecular weight is 450 g/mol. The Morgan fingerprint density at radius 1 is 1.12 bits per heavy atom. The molecule has 0 spiro atoms. The normalized spacial score (nSPS) is 10.6. The minimum atomic E-state index is 0.493. The van der Waals surface area contributed by atoms with Crippen molar-refractivity contribution in [2.24, 2.45) is 0 Å². The second-order valence-corrected chi connectivity index (χ2v) is 7.80. The van der Waals surface area contributed by atoms with E-state index >= 15 is 0 Å². The zero-order chi connectivity index (χ0) is 18.7. The summed E-state index contributed by atoms with van der Waals surface area (Å²) in [5.41, 5.74) is 4.44. The van der Waals surface area contributed by atoms with Crippen LogP contribution < -0.4 is 10.6 Å². The third-order valence-electron chi connectivity index (χ3n) is 3.69. The molecule has 7 heteroatoms. The lowest BCUT2D eigenvalue weighted by Crippen LogP contribution is -2.20. The van der Waals surface area contributed by atoms with Crippen LogP contribution in [0, 0.1) is 13.8 Å². The Labute approximate surface area is 171 Å². The number of thiocarbonyl (C=S) groups is 1. The van der Waals surface area contributed by atoms with Crippen molar-refractivity contribution >= 4 is 56.4 Å². The van der Waals surface area contributed by atoms with Crippen LogP contribution in [-0.4, -0.2) is 14.9 Å². The molecule has 26 heavy (non-hydrogen) atoms. The molecule has 2 aromatic carbocycles. The predicted octanol–water partition coefficient (Wildman–Crippen LogP) is 5.77. The summed E-state index contributed by atoms with van der Waals surface area (Å²) in [6.45, 7) is 4.77. The number of halogens is 2. The van der Waals surface area contributed by atoms with Gasteiger partial charge in [-0.2, -0.15) is 5.10 Å². The molecule has 3 rings (SSSR count). The van der Waals surface area contributed by atoms with E-state index in [1.807, 2.05) is 35.1 Å². The van der Waals surface area contributed by atoms with E-state index in [0.29, 0.717) is 17.5 Å². The summed E-state index contributed by atoms with van der Waals surface area (Å²) in [5, 5.41) is 12.1. The average Bonchev–Trinajstić information content (AvgIpc) is 2.88. The Morgan fingerprint density at radius 3 is 2.42 bits per heavy atom. The molecule has 1 aromatic heterocycles. The molecule has 0 saturated heterocycles. The molecule has 1 heterocycles. The van der Waals surface area contributed by atoms with Gasteiger partial charge in [-0.25, -0.2) is 0 Å². The number of hydrogen-bond acceptors (Lipinski definition) is 2. The third kappa shape index (κ3) is 5.06. The first-order chi connectivity index (χ1) is 12.4. The fourth-order valence-electron chi connectivity index (χ4n) is 2.66. The van der Waals surface area contributed by atoms with Crippen molar-refractivity contribution in [2.75, 3.05) is 10.6 Å². The van der Waals surface area contributed by atoms with E-state index < -0.39 is 0 Å². The zero-order valence-corrected chi connectivity index (χ0v) is 17.5. The van der Waals surface area contributed by atoms with Crippen molar-refractivity contribution < 1.29 is 0 Å². The van der Waals surface area contributed by atoms with Gasteiger partial charge in [0, 0.05) is 16.9 Å². The Balaban J connectivity index is 1.66. The monoisotopic (exact) mass is 448 g/mol. The smallest absolute Gasteiger partial charge is 0.176 e. The molecular formula is C19H18BrClN4S. The Morgan fingerprint density at radius 2 is 1.77 bits per heavy atom. The molecule has 4 nitrogen and oxygen atoms in total. The zero-order valence-electron chi connectivity index (χ0n) is 14.4. The number of nitrogens with one attached hydrogen (secondary N) is 2. The maximum absolute atomic E-state index is 5.93. The van der Waals surface area contributed by atoms with Crippen molar-refractivity contribution in [3.05, 3.63) is 74.8 Å². The number of nitrogens with zero attached hydrogens (tertiary/aromatic N) is 2. The van der Waals surface area contributed by atoms with Gasteiger partial charge < -0.3 is 10.6 Å². The summed E-state index contributed by atoms with van der Waals surface area (Å²) < 4.78 is 2.69. The highest BCUT2D eigenvalue weighted by atomic mass is 79.9. The van der Waals surface area contributed by atoms with Gasteiger partial charge in [0.1, 0.15) is 0 Å². The van der Waals surface area contributed by atoms with E-state index in [0.717, 1.165) is 20.7 Å². The quantitative estimate of drug-likeness (QED) is 0.496. The Bertz CT molecular complexity index is 917. The summed E-state index contributed by atoms with van der Waals surface area (Å²) in [5.74, 6) is 0.667. The van der Waals surface area contributed by atoms with Gasteiger partial charge in [0.15, 0.2) is 10.9 Å². The lowest BCUT2D eigenvalue weighted by Gasteiger charge is -2.10. The molecule has 0 amide bonds. The molecule has 0 radical (unpaired) electrons. The lowest BCUT2D eigenvalue weighted by molar-refractivity contribution is 0.689. The van der Waals surface area contributed by atoms with Gasteiger partial charge >= 0.3 is 0 Å².